The van der Waals surface area contributed by atoms with Crippen LogP contribution in [0.25, 0.3) is 0 Å². The number of morpholine rings is 1. The molecule has 2 amide bonds. The van der Waals surface area contributed by atoms with Crippen molar-refractivity contribution in [2.75, 3.05) is 18.4 Å². The van der Waals surface area contributed by atoms with E-state index in [2.05, 4.69) is 24.3 Å². The summed E-state index contributed by atoms with van der Waals surface area (Å²) in [6.45, 7) is 13.4. The van der Waals surface area contributed by atoms with Gasteiger partial charge in [0.2, 0.25) is 0 Å². The molecule has 1 saturated heterocycles. The molecule has 0 spiro atoms. The van der Waals surface area contributed by atoms with Gasteiger partial charge in [0.25, 0.3) is 0 Å². The Balaban J connectivity index is 2.08. The van der Waals surface area contributed by atoms with Gasteiger partial charge in [-0.3, -0.25) is 4.68 Å². The first-order valence-corrected chi connectivity index (χ1v) is 8.01. The Morgan fingerprint density at radius 2 is 2.27 bits per heavy atom. The van der Waals surface area contributed by atoms with E-state index >= 15 is 0 Å². The molecule has 22 heavy (non-hydrogen) atoms. The number of nitrogens with one attached hydrogen (secondary N) is 1. The van der Waals surface area contributed by atoms with Crippen molar-refractivity contribution in [2.45, 2.75) is 65.7 Å². The molecule has 1 aromatic heterocycles. The second-order valence-electron chi connectivity index (χ2n) is 6.84. The predicted molar refractivity (Wildman–Crippen MR) is 87.2 cm³/mol. The van der Waals surface area contributed by atoms with E-state index in [0.29, 0.717) is 19.1 Å². The van der Waals surface area contributed by atoms with E-state index in [1.54, 1.807) is 6.20 Å². The number of ether oxygens (including phenoxy) is 1. The van der Waals surface area contributed by atoms with E-state index in [4.69, 9.17) is 4.74 Å². The number of rotatable bonds is 3. The fourth-order valence-corrected chi connectivity index (χ4v) is 2.97. The van der Waals surface area contributed by atoms with Crippen LogP contribution in [0.3, 0.4) is 0 Å². The summed E-state index contributed by atoms with van der Waals surface area (Å²) in [5, 5.41) is 7.37. The van der Waals surface area contributed by atoms with Crippen molar-refractivity contribution >= 4 is 11.7 Å². The van der Waals surface area contributed by atoms with Crippen LogP contribution < -0.4 is 5.32 Å². The third kappa shape index (κ3) is 3.61. The number of aromatic nitrogens is 2. The Morgan fingerprint density at radius 1 is 1.59 bits per heavy atom. The Morgan fingerprint density at radius 3 is 2.86 bits per heavy atom. The molecule has 0 aromatic carbocycles. The first-order valence-electron chi connectivity index (χ1n) is 8.01. The molecule has 6 nitrogen and oxygen atoms in total. The van der Waals surface area contributed by atoms with Gasteiger partial charge in [0.05, 0.1) is 35.8 Å². The molecule has 0 bridgehead atoms. The van der Waals surface area contributed by atoms with Crippen LogP contribution in [-0.4, -0.2) is 45.5 Å². The van der Waals surface area contributed by atoms with E-state index < -0.39 is 0 Å². The maximum Gasteiger partial charge on any atom is 0.322 e. The minimum absolute atomic E-state index is 0.0402. The fraction of sp³-hybridized carbons (Fsp3) is 0.750. The molecule has 0 unspecified atom stereocenters. The largest absolute Gasteiger partial charge is 0.369 e. The summed E-state index contributed by atoms with van der Waals surface area (Å²) in [7, 11) is 0. The lowest BCUT2D eigenvalue weighted by atomic mass is 10.1. The third-order valence-electron chi connectivity index (χ3n) is 4.15. The molecule has 1 aliphatic heterocycles. The third-order valence-corrected chi connectivity index (χ3v) is 4.15. The average Bonchev–Trinajstić information content (AvgIpc) is 2.77. The zero-order valence-corrected chi connectivity index (χ0v) is 14.5. The van der Waals surface area contributed by atoms with E-state index in [1.807, 2.05) is 37.3 Å². The summed E-state index contributed by atoms with van der Waals surface area (Å²) >= 11 is 0. The second-order valence-corrected chi connectivity index (χ2v) is 6.84. The number of nitrogens with zero attached hydrogens (tertiary/aromatic N) is 3. The first kappa shape index (κ1) is 16.8. The Hall–Kier alpha value is -1.56. The number of anilines is 1. The van der Waals surface area contributed by atoms with Crippen molar-refractivity contribution in [3.8, 4) is 0 Å². The predicted octanol–water partition coefficient (Wildman–Crippen LogP) is 3.19. The molecule has 1 N–H and O–H groups in total. The number of amides is 2. The molecule has 0 aliphatic carbocycles. The van der Waals surface area contributed by atoms with Crippen molar-refractivity contribution in [3.63, 3.8) is 0 Å². The summed E-state index contributed by atoms with van der Waals surface area (Å²) in [5.41, 5.74) is 1.45. The molecule has 6 heteroatoms. The maximum atomic E-state index is 12.5. The molecule has 0 saturated carbocycles. The van der Waals surface area contributed by atoms with Crippen LogP contribution in [0.2, 0.25) is 0 Å². The summed E-state index contributed by atoms with van der Waals surface area (Å²) in [5.74, 6) is 0. The Bertz CT molecular complexity index is 538. The van der Waals surface area contributed by atoms with Crippen LogP contribution in [-0.2, 0) is 4.74 Å². The smallest absolute Gasteiger partial charge is 0.322 e. The minimum atomic E-state index is -0.315. The number of carbonyl (C=O) groups excluding carboxylic acids is 1. The quantitative estimate of drug-likeness (QED) is 0.933. The lowest BCUT2D eigenvalue weighted by Crippen LogP contribution is -2.54. The highest BCUT2D eigenvalue weighted by Crippen LogP contribution is 2.23. The standard InChI is InChI=1S/C16H28N4O2/c1-7-11(2)20-13(4)14(8-17-20)18-15(21)19-9-12(3)22-16(5,6)10-19/h8,11-12H,7,9-10H2,1-6H3,(H,18,21)/t11-,12+/m0/s1. The Kier molecular flexibility index (Phi) is 4.80. The monoisotopic (exact) mass is 308 g/mol. The topological polar surface area (TPSA) is 59.4 Å². The van der Waals surface area contributed by atoms with Gasteiger partial charge in [0, 0.05) is 12.6 Å². The van der Waals surface area contributed by atoms with Crippen LogP contribution in [0.1, 0.15) is 52.8 Å². The molecule has 1 aromatic rings. The van der Waals surface area contributed by atoms with Crippen molar-refractivity contribution in [2.24, 2.45) is 0 Å². The first-order chi connectivity index (χ1) is 10.2. The highest BCUT2D eigenvalue weighted by atomic mass is 16.5. The fourth-order valence-electron chi connectivity index (χ4n) is 2.97. The van der Waals surface area contributed by atoms with Crippen LogP contribution >= 0.6 is 0 Å². The second kappa shape index (κ2) is 6.28. The van der Waals surface area contributed by atoms with E-state index in [1.165, 1.54) is 0 Å². The van der Waals surface area contributed by atoms with Crippen molar-refractivity contribution in [3.05, 3.63) is 11.9 Å². The maximum absolute atomic E-state index is 12.5. The summed E-state index contributed by atoms with van der Waals surface area (Å²) in [6, 6.07) is 0.239. The van der Waals surface area contributed by atoms with Gasteiger partial charge in [-0.25, -0.2) is 4.79 Å². The van der Waals surface area contributed by atoms with Gasteiger partial charge in [-0.2, -0.15) is 5.10 Å². The van der Waals surface area contributed by atoms with Gasteiger partial charge in [-0.1, -0.05) is 6.92 Å². The SMILES string of the molecule is CC[C@H](C)n1ncc(NC(=O)N2C[C@@H](C)OC(C)(C)C2)c1C. The van der Waals surface area contributed by atoms with E-state index in [0.717, 1.165) is 17.8 Å². The highest BCUT2D eigenvalue weighted by molar-refractivity contribution is 5.89. The van der Waals surface area contributed by atoms with Crippen LogP contribution in [0.15, 0.2) is 6.20 Å². The van der Waals surface area contributed by atoms with Crippen LogP contribution in [0.5, 0.6) is 0 Å². The lowest BCUT2D eigenvalue weighted by molar-refractivity contribution is -0.116. The number of hydrogen-bond donors (Lipinski definition) is 1. The number of urea groups is 1. The molecule has 2 atom stereocenters. The molecular weight excluding hydrogens is 280 g/mol. The molecule has 2 rings (SSSR count). The molecule has 1 fully saturated rings. The highest BCUT2D eigenvalue weighted by Gasteiger charge is 2.34. The zero-order chi connectivity index (χ0) is 16.5. The molecular formula is C16H28N4O2. The number of carbonyl (C=O) groups is 1. The van der Waals surface area contributed by atoms with E-state index in [9.17, 15) is 4.79 Å². The van der Waals surface area contributed by atoms with Gasteiger partial charge >= 0.3 is 6.03 Å². The molecule has 2 heterocycles. The van der Waals surface area contributed by atoms with Crippen molar-refractivity contribution in [1.29, 1.82) is 0 Å². The Labute approximate surface area is 132 Å². The van der Waals surface area contributed by atoms with Gasteiger partial charge in [-0.05, 0) is 41.0 Å². The van der Waals surface area contributed by atoms with Gasteiger partial charge < -0.3 is 15.0 Å². The average molecular weight is 308 g/mol. The van der Waals surface area contributed by atoms with Gasteiger partial charge in [0.1, 0.15) is 0 Å². The van der Waals surface area contributed by atoms with Gasteiger partial charge in [-0.15, -0.1) is 0 Å². The summed E-state index contributed by atoms with van der Waals surface area (Å²) in [4.78, 5) is 14.3. The lowest BCUT2D eigenvalue weighted by Gasteiger charge is -2.41. The van der Waals surface area contributed by atoms with Crippen LogP contribution in [0.4, 0.5) is 10.5 Å². The van der Waals surface area contributed by atoms with E-state index in [-0.39, 0.29) is 17.7 Å². The van der Waals surface area contributed by atoms with Crippen molar-refractivity contribution < 1.29 is 9.53 Å². The summed E-state index contributed by atoms with van der Waals surface area (Å²) in [6.07, 6.45) is 2.78. The van der Waals surface area contributed by atoms with Crippen molar-refractivity contribution in [1.82, 2.24) is 14.7 Å². The normalized spacial score (nSPS) is 22.5. The molecule has 0 radical (unpaired) electrons. The summed E-state index contributed by atoms with van der Waals surface area (Å²) < 4.78 is 7.80. The van der Waals surface area contributed by atoms with Gasteiger partial charge in [0.15, 0.2) is 0 Å². The number of hydrogen-bond acceptors (Lipinski definition) is 3. The minimum Gasteiger partial charge on any atom is -0.369 e. The zero-order valence-electron chi connectivity index (χ0n) is 14.5. The van der Waals surface area contributed by atoms with Crippen LogP contribution in [0, 0.1) is 6.92 Å². The molecule has 124 valence electrons. The molecule has 1 aliphatic rings.